The monoisotopic (exact) mass is 536 g/mol. The third-order valence-electron chi connectivity index (χ3n) is 8.08. The predicted octanol–water partition coefficient (Wildman–Crippen LogP) is 2.13. The maximum absolute atomic E-state index is 13.4. The number of benzene rings is 2. The molecule has 2 aromatic rings. The van der Waals surface area contributed by atoms with Crippen LogP contribution in [0.25, 0.3) is 0 Å². The number of carbonyl (C=O) groups excluding carboxylic acids is 1. The highest BCUT2D eigenvalue weighted by Crippen LogP contribution is 2.29. The average molecular weight is 537 g/mol. The first-order valence-corrected chi connectivity index (χ1v) is 14.7. The molecule has 3 saturated heterocycles. The smallest absolute Gasteiger partial charge is 0.243 e. The van der Waals surface area contributed by atoms with E-state index in [1.807, 2.05) is 36.9 Å². The second-order valence-corrected chi connectivity index (χ2v) is 12.8. The molecule has 202 valence electrons. The first-order chi connectivity index (χ1) is 18.2. The van der Waals surface area contributed by atoms with Gasteiger partial charge in [-0.05, 0) is 62.6 Å². The van der Waals surface area contributed by atoms with Crippen LogP contribution in [-0.2, 0) is 21.4 Å². The van der Waals surface area contributed by atoms with E-state index in [-0.39, 0.29) is 29.4 Å². The molecule has 38 heavy (non-hydrogen) atoms. The Labute approximate surface area is 225 Å². The molecule has 4 atom stereocenters. The fourth-order valence-electron chi connectivity index (χ4n) is 6.31. The number of piperazine rings is 2. The molecule has 10 heteroatoms. The van der Waals surface area contributed by atoms with Crippen molar-refractivity contribution in [2.45, 2.75) is 62.8 Å². The molecule has 3 aliphatic rings. The lowest BCUT2D eigenvalue weighted by molar-refractivity contribution is -0.118. The number of nitriles is 1. The number of likely N-dealkylation sites (tertiary alicyclic amines) is 1. The van der Waals surface area contributed by atoms with Crippen molar-refractivity contribution in [3.8, 4) is 6.07 Å². The standard InChI is InChI=1S/C28H36N6O3S/c1-19-14-32(15-20(2)34(19)38(36,37)26-8-4-6-22(10-26)12-29)18-28(35)31-27-9-5-7-23(21(27)3)16-33-17-24-11-25(33)13-30-24/h4-10,19-20,24-25,30H,11,13-18H2,1-3H3,(H,31,35)/t19?,20?,24-,25-/m0/s1. The maximum atomic E-state index is 13.4. The van der Waals surface area contributed by atoms with Crippen molar-refractivity contribution >= 4 is 21.6 Å². The Kier molecular flexibility index (Phi) is 7.58. The van der Waals surface area contributed by atoms with Gasteiger partial charge in [-0.1, -0.05) is 18.2 Å². The molecule has 0 spiro atoms. The zero-order valence-corrected chi connectivity index (χ0v) is 23.0. The second-order valence-electron chi connectivity index (χ2n) is 10.9. The van der Waals surface area contributed by atoms with Gasteiger partial charge in [0.05, 0.1) is 23.1 Å². The van der Waals surface area contributed by atoms with Gasteiger partial charge in [0.15, 0.2) is 0 Å². The third-order valence-corrected chi connectivity index (χ3v) is 10.2. The number of fused-ring (bicyclic) bond motifs is 2. The van der Waals surface area contributed by atoms with Crippen LogP contribution in [0.15, 0.2) is 47.4 Å². The van der Waals surface area contributed by atoms with Gasteiger partial charge in [-0.15, -0.1) is 0 Å². The minimum atomic E-state index is -3.77. The number of sulfonamides is 1. The molecule has 0 radical (unpaired) electrons. The molecular weight excluding hydrogens is 500 g/mol. The first kappa shape index (κ1) is 26.8. The Morgan fingerprint density at radius 3 is 2.53 bits per heavy atom. The van der Waals surface area contributed by atoms with Gasteiger partial charge in [0.2, 0.25) is 15.9 Å². The summed E-state index contributed by atoms with van der Waals surface area (Å²) in [5, 5.41) is 15.8. The van der Waals surface area contributed by atoms with Crippen molar-refractivity contribution in [2.24, 2.45) is 0 Å². The highest BCUT2D eigenvalue weighted by Gasteiger charge is 2.39. The predicted molar refractivity (Wildman–Crippen MR) is 146 cm³/mol. The number of nitrogens with one attached hydrogen (secondary N) is 2. The van der Waals surface area contributed by atoms with Gasteiger partial charge >= 0.3 is 0 Å². The minimum absolute atomic E-state index is 0.105. The first-order valence-electron chi connectivity index (χ1n) is 13.3. The lowest BCUT2D eigenvalue weighted by Gasteiger charge is -2.43. The van der Waals surface area contributed by atoms with E-state index in [2.05, 4.69) is 28.5 Å². The number of hydrogen-bond donors (Lipinski definition) is 2. The molecule has 3 aliphatic heterocycles. The highest BCUT2D eigenvalue weighted by atomic mass is 32.2. The number of anilines is 1. The number of hydrogen-bond acceptors (Lipinski definition) is 7. The van der Waals surface area contributed by atoms with Crippen molar-refractivity contribution in [1.29, 1.82) is 5.26 Å². The van der Waals surface area contributed by atoms with Gasteiger partial charge in [-0.2, -0.15) is 9.57 Å². The summed E-state index contributed by atoms with van der Waals surface area (Å²) in [7, 11) is -3.77. The van der Waals surface area contributed by atoms with Crippen LogP contribution in [-0.4, -0.2) is 85.3 Å². The topological polar surface area (TPSA) is 109 Å². The van der Waals surface area contributed by atoms with Gasteiger partial charge in [0.1, 0.15) is 0 Å². The molecule has 0 saturated carbocycles. The molecular formula is C28H36N6O3S. The zero-order chi connectivity index (χ0) is 27.0. The molecule has 2 unspecified atom stereocenters. The van der Waals surface area contributed by atoms with Crippen LogP contribution < -0.4 is 10.6 Å². The molecule has 3 fully saturated rings. The average Bonchev–Trinajstić information content (AvgIpc) is 3.49. The zero-order valence-electron chi connectivity index (χ0n) is 22.2. The summed E-state index contributed by atoms with van der Waals surface area (Å²) in [4.78, 5) is 17.7. The molecule has 2 N–H and O–H groups in total. The Morgan fingerprint density at radius 1 is 1.13 bits per heavy atom. The molecule has 0 aliphatic carbocycles. The van der Waals surface area contributed by atoms with E-state index in [1.165, 1.54) is 28.4 Å². The summed E-state index contributed by atoms with van der Waals surface area (Å²) in [5.74, 6) is -0.105. The Bertz CT molecular complexity index is 1340. The number of amides is 1. The van der Waals surface area contributed by atoms with Gasteiger partial charge in [0.25, 0.3) is 0 Å². The fourth-order valence-corrected chi connectivity index (χ4v) is 8.16. The molecule has 2 bridgehead atoms. The number of nitrogens with zero attached hydrogens (tertiary/aromatic N) is 4. The highest BCUT2D eigenvalue weighted by molar-refractivity contribution is 7.89. The van der Waals surface area contributed by atoms with Crippen molar-refractivity contribution in [3.63, 3.8) is 0 Å². The minimum Gasteiger partial charge on any atom is -0.325 e. The van der Waals surface area contributed by atoms with Crippen molar-refractivity contribution in [2.75, 3.05) is 38.0 Å². The number of carbonyl (C=O) groups is 1. The van der Waals surface area contributed by atoms with E-state index in [0.717, 1.165) is 30.9 Å². The van der Waals surface area contributed by atoms with Crippen LogP contribution in [0.2, 0.25) is 0 Å². The van der Waals surface area contributed by atoms with Crippen LogP contribution >= 0.6 is 0 Å². The van der Waals surface area contributed by atoms with E-state index < -0.39 is 10.0 Å². The molecule has 5 rings (SSSR count). The second kappa shape index (κ2) is 10.8. The van der Waals surface area contributed by atoms with Crippen LogP contribution in [0.3, 0.4) is 0 Å². The Hall–Kier alpha value is -2.81. The van der Waals surface area contributed by atoms with E-state index in [1.54, 1.807) is 12.1 Å². The maximum Gasteiger partial charge on any atom is 0.243 e. The van der Waals surface area contributed by atoms with Crippen molar-refractivity contribution in [3.05, 3.63) is 59.2 Å². The van der Waals surface area contributed by atoms with E-state index in [0.29, 0.717) is 30.7 Å². The van der Waals surface area contributed by atoms with E-state index in [4.69, 9.17) is 0 Å². The summed E-state index contributed by atoms with van der Waals surface area (Å²) in [6.07, 6.45) is 1.22. The summed E-state index contributed by atoms with van der Waals surface area (Å²) < 4.78 is 28.3. The Balaban J connectivity index is 1.21. The van der Waals surface area contributed by atoms with Gasteiger partial charge in [-0.3, -0.25) is 14.6 Å². The molecule has 1 amide bonds. The third kappa shape index (κ3) is 5.35. The summed E-state index contributed by atoms with van der Waals surface area (Å²) >= 11 is 0. The van der Waals surface area contributed by atoms with Gasteiger partial charge in [0, 0.05) is 62.6 Å². The largest absolute Gasteiger partial charge is 0.325 e. The van der Waals surface area contributed by atoms with Crippen LogP contribution in [0.1, 0.15) is 37.0 Å². The SMILES string of the molecule is Cc1c(CN2C[C@@H]3C[C@H]2CN3)cccc1NC(=O)CN1CC(C)N(S(=O)(=O)c2cccc(C#N)c2)C(C)C1. The fraction of sp³-hybridized carbons (Fsp3) is 0.500. The summed E-state index contributed by atoms with van der Waals surface area (Å²) in [5.41, 5.74) is 3.46. The van der Waals surface area contributed by atoms with Crippen molar-refractivity contribution in [1.82, 2.24) is 19.4 Å². The van der Waals surface area contributed by atoms with E-state index >= 15 is 0 Å². The molecule has 2 aromatic carbocycles. The summed E-state index contributed by atoms with van der Waals surface area (Å²) in [6.45, 7) is 9.88. The molecule has 0 aromatic heterocycles. The Morgan fingerprint density at radius 2 is 1.87 bits per heavy atom. The number of rotatable bonds is 7. The van der Waals surface area contributed by atoms with Crippen LogP contribution in [0.5, 0.6) is 0 Å². The van der Waals surface area contributed by atoms with Crippen molar-refractivity contribution < 1.29 is 13.2 Å². The summed E-state index contributed by atoms with van der Waals surface area (Å²) in [6, 6.07) is 14.8. The van der Waals surface area contributed by atoms with Gasteiger partial charge in [-0.25, -0.2) is 8.42 Å². The van der Waals surface area contributed by atoms with Gasteiger partial charge < -0.3 is 10.6 Å². The molecule has 3 heterocycles. The van der Waals surface area contributed by atoms with Crippen LogP contribution in [0, 0.1) is 18.3 Å². The normalized spacial score (nSPS) is 26.4. The molecule has 9 nitrogen and oxygen atoms in total. The van der Waals surface area contributed by atoms with E-state index in [9.17, 15) is 18.5 Å². The lowest BCUT2D eigenvalue weighted by atomic mass is 10.1. The lowest BCUT2D eigenvalue weighted by Crippen LogP contribution is -2.59. The van der Waals surface area contributed by atoms with Crippen LogP contribution in [0.4, 0.5) is 5.69 Å². The quantitative estimate of drug-likeness (QED) is 0.558.